The molecule has 0 fully saturated rings. The third-order valence-electron chi connectivity index (χ3n) is 1.78. The fourth-order valence-corrected chi connectivity index (χ4v) is 1.16. The molecule has 0 aliphatic carbocycles. The maximum atomic E-state index is 12.7. The van der Waals surface area contributed by atoms with E-state index in [9.17, 15) is 9.18 Å². The second-order valence-corrected chi connectivity index (χ2v) is 3.69. The van der Waals surface area contributed by atoms with Crippen LogP contribution in [-0.4, -0.2) is 18.6 Å². The first kappa shape index (κ1) is 12.3. The summed E-state index contributed by atoms with van der Waals surface area (Å²) in [5.74, 6) is -0.365. The normalized spacial score (nSPS) is 10.2. The van der Waals surface area contributed by atoms with Crippen molar-refractivity contribution in [3.63, 3.8) is 0 Å². The van der Waals surface area contributed by atoms with Gasteiger partial charge in [0.15, 0.2) is 6.61 Å². The molecule has 4 nitrogen and oxygen atoms in total. The van der Waals surface area contributed by atoms with Crippen molar-refractivity contribution in [1.82, 2.24) is 5.32 Å². The Balaban J connectivity index is 2.51. The number of hydrogen-bond acceptors (Lipinski definition) is 3. The summed E-state index contributed by atoms with van der Waals surface area (Å²) in [7, 11) is 0. The molecule has 0 saturated heterocycles. The Morgan fingerprint density at radius 1 is 1.56 bits per heavy atom. The number of nitrogens with one attached hydrogen (secondary N) is 1. The van der Waals surface area contributed by atoms with Crippen LogP contribution in [0.25, 0.3) is 0 Å². The second-order valence-electron chi connectivity index (χ2n) is 3.69. The van der Waals surface area contributed by atoms with Gasteiger partial charge in [0.1, 0.15) is 11.6 Å². The van der Waals surface area contributed by atoms with Crippen LogP contribution in [0.1, 0.15) is 13.8 Å². The minimum Gasteiger partial charge on any atom is -0.482 e. The van der Waals surface area contributed by atoms with Crippen molar-refractivity contribution in [3.05, 3.63) is 24.0 Å². The average molecular weight is 226 g/mol. The average Bonchev–Trinajstić information content (AvgIpc) is 2.15. The molecule has 1 aromatic rings. The molecule has 16 heavy (non-hydrogen) atoms. The summed E-state index contributed by atoms with van der Waals surface area (Å²) in [5, 5.41) is 2.67. The number of halogens is 1. The maximum Gasteiger partial charge on any atom is 0.258 e. The van der Waals surface area contributed by atoms with Crippen LogP contribution >= 0.6 is 0 Å². The molecule has 1 amide bonds. The largest absolute Gasteiger partial charge is 0.482 e. The maximum absolute atomic E-state index is 12.7. The van der Waals surface area contributed by atoms with Crippen LogP contribution in [0.4, 0.5) is 10.1 Å². The number of nitrogens with two attached hydrogens (primary N) is 1. The third-order valence-corrected chi connectivity index (χ3v) is 1.78. The van der Waals surface area contributed by atoms with Gasteiger partial charge >= 0.3 is 0 Å². The molecular weight excluding hydrogens is 211 g/mol. The minimum atomic E-state index is -0.434. The number of nitrogen functional groups attached to an aromatic ring is 1. The van der Waals surface area contributed by atoms with Crippen LogP contribution in [0.15, 0.2) is 18.2 Å². The fourth-order valence-electron chi connectivity index (χ4n) is 1.16. The van der Waals surface area contributed by atoms with Crippen molar-refractivity contribution in [2.75, 3.05) is 12.3 Å². The van der Waals surface area contributed by atoms with Crippen molar-refractivity contribution in [2.24, 2.45) is 0 Å². The lowest BCUT2D eigenvalue weighted by molar-refractivity contribution is -0.123. The van der Waals surface area contributed by atoms with E-state index in [1.54, 1.807) is 0 Å². The van der Waals surface area contributed by atoms with Gasteiger partial charge in [-0.1, -0.05) is 0 Å². The van der Waals surface area contributed by atoms with Gasteiger partial charge in [0.25, 0.3) is 5.91 Å². The first-order chi connectivity index (χ1) is 7.49. The molecule has 88 valence electrons. The number of carbonyl (C=O) groups excluding carboxylic acids is 1. The lowest BCUT2D eigenvalue weighted by Crippen LogP contribution is -2.34. The van der Waals surface area contributed by atoms with E-state index in [0.717, 1.165) is 6.07 Å². The highest BCUT2D eigenvalue weighted by Crippen LogP contribution is 2.21. The number of ether oxygens (including phenoxy) is 1. The molecule has 0 atom stereocenters. The van der Waals surface area contributed by atoms with E-state index in [2.05, 4.69) is 5.32 Å². The molecule has 0 heterocycles. The predicted molar refractivity (Wildman–Crippen MR) is 59.6 cm³/mol. The Kier molecular flexibility index (Phi) is 4.10. The number of hydrogen-bond donors (Lipinski definition) is 2. The smallest absolute Gasteiger partial charge is 0.258 e. The fraction of sp³-hybridized carbons (Fsp3) is 0.364. The number of anilines is 1. The number of rotatable bonds is 4. The molecule has 0 aliphatic heterocycles. The molecular formula is C11H15FN2O2. The molecule has 1 aromatic carbocycles. The highest BCUT2D eigenvalue weighted by Gasteiger charge is 2.06. The lowest BCUT2D eigenvalue weighted by atomic mass is 10.3. The summed E-state index contributed by atoms with van der Waals surface area (Å²) >= 11 is 0. The van der Waals surface area contributed by atoms with Gasteiger partial charge in [-0.15, -0.1) is 0 Å². The van der Waals surface area contributed by atoms with Gasteiger partial charge in [-0.3, -0.25) is 4.79 Å². The van der Waals surface area contributed by atoms with Gasteiger partial charge in [0.2, 0.25) is 0 Å². The minimum absolute atomic E-state index is 0.0571. The summed E-state index contributed by atoms with van der Waals surface area (Å²) in [4.78, 5) is 11.3. The Morgan fingerprint density at radius 2 is 2.25 bits per heavy atom. The van der Waals surface area contributed by atoms with Crippen LogP contribution in [0.2, 0.25) is 0 Å². The van der Waals surface area contributed by atoms with Crippen molar-refractivity contribution >= 4 is 11.6 Å². The zero-order valence-corrected chi connectivity index (χ0v) is 9.29. The highest BCUT2D eigenvalue weighted by atomic mass is 19.1. The second kappa shape index (κ2) is 5.34. The lowest BCUT2D eigenvalue weighted by Gasteiger charge is -2.10. The SMILES string of the molecule is CC(C)NC(=O)COc1ccc(F)cc1N. The monoisotopic (exact) mass is 226 g/mol. The molecule has 0 aromatic heterocycles. The molecule has 0 spiro atoms. The first-order valence-electron chi connectivity index (χ1n) is 4.96. The summed E-state index contributed by atoms with van der Waals surface area (Å²) in [6.45, 7) is 3.57. The van der Waals surface area contributed by atoms with Gasteiger partial charge in [-0.25, -0.2) is 4.39 Å². The van der Waals surface area contributed by atoms with E-state index in [0.29, 0.717) is 5.75 Å². The summed E-state index contributed by atoms with van der Waals surface area (Å²) in [6, 6.07) is 3.83. The summed E-state index contributed by atoms with van der Waals surface area (Å²) in [5.41, 5.74) is 5.69. The highest BCUT2D eigenvalue weighted by molar-refractivity contribution is 5.78. The third kappa shape index (κ3) is 3.76. The number of carbonyl (C=O) groups is 1. The molecule has 0 aliphatic rings. The zero-order valence-electron chi connectivity index (χ0n) is 9.29. The molecule has 0 saturated carbocycles. The number of benzene rings is 1. The summed E-state index contributed by atoms with van der Waals surface area (Å²) < 4.78 is 17.9. The Morgan fingerprint density at radius 3 is 2.81 bits per heavy atom. The molecule has 0 unspecified atom stereocenters. The van der Waals surface area contributed by atoms with Crippen LogP contribution < -0.4 is 15.8 Å². The van der Waals surface area contributed by atoms with Gasteiger partial charge in [0.05, 0.1) is 5.69 Å². The predicted octanol–water partition coefficient (Wildman–Crippen LogP) is 1.31. The van der Waals surface area contributed by atoms with Gasteiger partial charge in [-0.05, 0) is 26.0 Å². The van der Waals surface area contributed by atoms with Crippen molar-refractivity contribution in [1.29, 1.82) is 0 Å². The van der Waals surface area contributed by atoms with Gasteiger partial charge < -0.3 is 15.8 Å². The summed E-state index contributed by atoms with van der Waals surface area (Å²) in [6.07, 6.45) is 0. The Hall–Kier alpha value is -1.78. The van der Waals surface area contributed by atoms with Gasteiger partial charge in [0, 0.05) is 12.1 Å². The Bertz CT molecular complexity index is 380. The quantitative estimate of drug-likeness (QED) is 0.761. The van der Waals surface area contributed by atoms with E-state index < -0.39 is 5.82 Å². The molecule has 0 radical (unpaired) electrons. The number of amides is 1. The standard InChI is InChI=1S/C11H15FN2O2/c1-7(2)14-11(15)6-16-10-4-3-8(12)5-9(10)13/h3-5,7H,6,13H2,1-2H3,(H,14,15). The van der Waals surface area contributed by atoms with Crippen molar-refractivity contribution in [3.8, 4) is 5.75 Å². The van der Waals surface area contributed by atoms with Crippen LogP contribution in [0.3, 0.4) is 0 Å². The van der Waals surface area contributed by atoms with Crippen LogP contribution in [0.5, 0.6) is 5.75 Å². The molecule has 1 rings (SSSR count). The molecule has 3 N–H and O–H groups in total. The van der Waals surface area contributed by atoms with Crippen molar-refractivity contribution in [2.45, 2.75) is 19.9 Å². The first-order valence-corrected chi connectivity index (χ1v) is 4.96. The van der Waals surface area contributed by atoms with Crippen LogP contribution in [0, 0.1) is 5.82 Å². The van der Waals surface area contributed by atoms with E-state index in [1.165, 1.54) is 12.1 Å². The van der Waals surface area contributed by atoms with E-state index >= 15 is 0 Å². The zero-order chi connectivity index (χ0) is 12.1. The van der Waals surface area contributed by atoms with Crippen LogP contribution in [-0.2, 0) is 4.79 Å². The molecule has 5 heteroatoms. The Labute approximate surface area is 93.6 Å². The topological polar surface area (TPSA) is 64.3 Å². The van der Waals surface area contributed by atoms with Crippen molar-refractivity contribution < 1.29 is 13.9 Å². The van der Waals surface area contributed by atoms with Gasteiger partial charge in [-0.2, -0.15) is 0 Å². The van der Waals surface area contributed by atoms with E-state index in [4.69, 9.17) is 10.5 Å². The van der Waals surface area contributed by atoms with E-state index in [-0.39, 0.29) is 24.2 Å². The van der Waals surface area contributed by atoms with E-state index in [1.807, 2.05) is 13.8 Å². The molecule has 0 bridgehead atoms.